The molecule has 0 saturated carbocycles. The Morgan fingerprint density at radius 2 is 1.57 bits per heavy atom. The minimum atomic E-state index is -3.97. The van der Waals surface area contributed by atoms with Gasteiger partial charge in [0.15, 0.2) is 6.61 Å². The third kappa shape index (κ3) is 5.31. The first kappa shape index (κ1) is 21.2. The lowest BCUT2D eigenvalue weighted by molar-refractivity contribution is -0.119. The highest BCUT2D eigenvalue weighted by Gasteiger charge is 2.17. The number of hydrogen-bond acceptors (Lipinski definition) is 5. The summed E-state index contributed by atoms with van der Waals surface area (Å²) in [5.41, 5.74) is 3.02. The Hall–Kier alpha value is -3.49. The van der Waals surface area contributed by atoms with Gasteiger partial charge in [0.1, 0.15) is 0 Å². The maximum absolute atomic E-state index is 12.2. The molecule has 30 heavy (non-hydrogen) atoms. The van der Waals surface area contributed by atoms with Gasteiger partial charge in [-0.3, -0.25) is 4.79 Å². The van der Waals surface area contributed by atoms with Gasteiger partial charge in [0.05, 0.1) is 10.5 Å². The second-order valence-corrected chi connectivity index (χ2v) is 8.12. The molecule has 8 heteroatoms. The predicted molar refractivity (Wildman–Crippen MR) is 113 cm³/mol. The maximum atomic E-state index is 12.2. The maximum Gasteiger partial charge on any atom is 0.338 e. The Bertz CT molecular complexity index is 1170. The van der Waals surface area contributed by atoms with E-state index in [1.807, 2.05) is 42.5 Å². The third-order valence-electron chi connectivity index (χ3n) is 4.34. The molecule has 0 aromatic heterocycles. The largest absolute Gasteiger partial charge is 0.452 e. The number of amides is 1. The number of nitrogens with one attached hydrogen (secondary N) is 1. The Balaban J connectivity index is 1.59. The summed E-state index contributed by atoms with van der Waals surface area (Å²) in [6.07, 6.45) is 0. The van der Waals surface area contributed by atoms with Crippen molar-refractivity contribution in [2.75, 3.05) is 11.9 Å². The summed E-state index contributed by atoms with van der Waals surface area (Å²) in [5, 5.41) is 7.78. The van der Waals surface area contributed by atoms with Gasteiger partial charge in [-0.25, -0.2) is 18.4 Å². The zero-order valence-electron chi connectivity index (χ0n) is 16.2. The van der Waals surface area contributed by atoms with E-state index in [9.17, 15) is 18.0 Å². The number of nitrogens with two attached hydrogens (primary N) is 1. The van der Waals surface area contributed by atoms with Crippen molar-refractivity contribution >= 4 is 27.6 Å². The fraction of sp³-hybridized carbons (Fsp3) is 0.0909. The van der Waals surface area contributed by atoms with Gasteiger partial charge in [0.2, 0.25) is 10.0 Å². The summed E-state index contributed by atoms with van der Waals surface area (Å²) in [4.78, 5) is 24.1. The van der Waals surface area contributed by atoms with Crippen LogP contribution in [0.4, 0.5) is 5.69 Å². The molecule has 0 aliphatic rings. The van der Waals surface area contributed by atoms with Crippen molar-refractivity contribution in [3.8, 4) is 11.1 Å². The lowest BCUT2D eigenvalue weighted by Crippen LogP contribution is -2.21. The summed E-state index contributed by atoms with van der Waals surface area (Å²) in [7, 11) is -3.97. The van der Waals surface area contributed by atoms with Crippen molar-refractivity contribution in [2.24, 2.45) is 5.14 Å². The number of sulfonamides is 1. The Labute approximate surface area is 174 Å². The van der Waals surface area contributed by atoms with Crippen LogP contribution < -0.4 is 10.5 Å². The summed E-state index contributed by atoms with van der Waals surface area (Å²) in [6, 6.07) is 21.0. The van der Waals surface area contributed by atoms with E-state index in [4.69, 9.17) is 9.88 Å². The van der Waals surface area contributed by atoms with Gasteiger partial charge in [-0.15, -0.1) is 0 Å². The van der Waals surface area contributed by atoms with E-state index >= 15 is 0 Å². The van der Waals surface area contributed by atoms with Crippen LogP contribution in [0.25, 0.3) is 11.1 Å². The topological polar surface area (TPSA) is 116 Å². The van der Waals surface area contributed by atoms with Gasteiger partial charge in [0.25, 0.3) is 5.91 Å². The van der Waals surface area contributed by atoms with E-state index < -0.39 is 28.5 Å². The normalized spacial score (nSPS) is 11.0. The number of carbonyl (C=O) groups excluding carboxylic acids is 2. The van der Waals surface area contributed by atoms with Crippen molar-refractivity contribution in [3.63, 3.8) is 0 Å². The molecule has 0 bridgehead atoms. The fourth-order valence-corrected chi connectivity index (χ4v) is 3.63. The SMILES string of the molecule is Cc1ccc(C(=O)OCC(=O)Nc2ccc(-c3ccccc3)cc2)cc1S(N)(=O)=O. The van der Waals surface area contributed by atoms with Crippen LogP contribution in [0.1, 0.15) is 15.9 Å². The predicted octanol–water partition coefficient (Wildman–Crippen LogP) is 3.10. The third-order valence-corrected chi connectivity index (χ3v) is 5.39. The van der Waals surface area contributed by atoms with Crippen LogP contribution in [-0.4, -0.2) is 26.9 Å². The number of hydrogen-bond donors (Lipinski definition) is 2. The molecule has 0 unspecified atom stereocenters. The van der Waals surface area contributed by atoms with Crippen LogP contribution in [0.2, 0.25) is 0 Å². The van der Waals surface area contributed by atoms with Gasteiger partial charge in [0, 0.05) is 5.69 Å². The van der Waals surface area contributed by atoms with Crippen LogP contribution in [-0.2, 0) is 19.6 Å². The molecule has 0 atom stereocenters. The van der Waals surface area contributed by atoms with Crippen molar-refractivity contribution in [3.05, 3.63) is 83.9 Å². The molecule has 0 aliphatic heterocycles. The number of ether oxygens (including phenoxy) is 1. The average molecular weight is 424 g/mol. The highest BCUT2D eigenvalue weighted by molar-refractivity contribution is 7.89. The summed E-state index contributed by atoms with van der Waals surface area (Å²) >= 11 is 0. The van der Waals surface area contributed by atoms with Crippen LogP contribution in [0, 0.1) is 6.92 Å². The molecule has 1 amide bonds. The molecule has 0 fully saturated rings. The highest BCUT2D eigenvalue weighted by atomic mass is 32.2. The number of aryl methyl sites for hydroxylation is 1. The molecule has 3 aromatic rings. The highest BCUT2D eigenvalue weighted by Crippen LogP contribution is 2.21. The van der Waals surface area contributed by atoms with E-state index in [-0.39, 0.29) is 10.5 Å². The average Bonchev–Trinajstić information content (AvgIpc) is 2.72. The van der Waals surface area contributed by atoms with Gasteiger partial charge >= 0.3 is 5.97 Å². The van der Waals surface area contributed by atoms with Crippen molar-refractivity contribution < 1.29 is 22.7 Å². The number of esters is 1. The molecule has 154 valence electrons. The van der Waals surface area contributed by atoms with Gasteiger partial charge in [-0.05, 0) is 47.9 Å². The smallest absolute Gasteiger partial charge is 0.338 e. The minimum absolute atomic E-state index is 0.00959. The Morgan fingerprint density at radius 3 is 2.20 bits per heavy atom. The fourth-order valence-electron chi connectivity index (χ4n) is 2.82. The van der Waals surface area contributed by atoms with Crippen molar-refractivity contribution in [1.82, 2.24) is 0 Å². The zero-order valence-corrected chi connectivity index (χ0v) is 17.0. The lowest BCUT2D eigenvalue weighted by Gasteiger charge is -2.09. The number of rotatable bonds is 6. The van der Waals surface area contributed by atoms with Crippen LogP contribution in [0.15, 0.2) is 77.7 Å². The molecule has 0 aliphatic carbocycles. The summed E-state index contributed by atoms with van der Waals surface area (Å²) < 4.78 is 28.1. The molecule has 0 heterocycles. The first-order chi connectivity index (χ1) is 14.2. The minimum Gasteiger partial charge on any atom is -0.452 e. The molecule has 3 N–H and O–H groups in total. The van der Waals surface area contributed by atoms with Gasteiger partial charge in [-0.2, -0.15) is 0 Å². The molecule has 0 radical (unpaired) electrons. The van der Waals surface area contributed by atoms with Crippen LogP contribution in [0.3, 0.4) is 0 Å². The molecule has 3 aromatic carbocycles. The van der Waals surface area contributed by atoms with E-state index in [1.165, 1.54) is 12.1 Å². The number of benzene rings is 3. The van der Waals surface area contributed by atoms with Crippen molar-refractivity contribution in [1.29, 1.82) is 0 Å². The monoisotopic (exact) mass is 424 g/mol. The molecule has 3 rings (SSSR count). The van der Waals surface area contributed by atoms with Crippen LogP contribution >= 0.6 is 0 Å². The second kappa shape index (κ2) is 8.89. The summed E-state index contributed by atoms with van der Waals surface area (Å²) in [5.74, 6) is -1.34. The van der Waals surface area contributed by atoms with Gasteiger partial charge < -0.3 is 10.1 Å². The molecule has 0 saturated heterocycles. The first-order valence-corrected chi connectivity index (χ1v) is 10.5. The zero-order chi connectivity index (χ0) is 21.7. The molecular formula is C22H20N2O5S. The van der Waals surface area contributed by atoms with Crippen LogP contribution in [0.5, 0.6) is 0 Å². The Kier molecular flexibility index (Phi) is 6.29. The number of anilines is 1. The van der Waals surface area contributed by atoms with E-state index in [2.05, 4.69) is 5.32 Å². The molecular weight excluding hydrogens is 404 g/mol. The van der Waals surface area contributed by atoms with Gasteiger partial charge in [-0.1, -0.05) is 48.5 Å². The van der Waals surface area contributed by atoms with E-state index in [1.54, 1.807) is 19.1 Å². The quantitative estimate of drug-likeness (QED) is 0.590. The van der Waals surface area contributed by atoms with Crippen molar-refractivity contribution in [2.45, 2.75) is 11.8 Å². The Morgan fingerprint density at radius 1 is 0.933 bits per heavy atom. The standard InChI is InChI=1S/C22H20N2O5S/c1-15-7-8-18(13-20(15)30(23,27)28)22(26)29-14-21(25)24-19-11-9-17(10-12-19)16-5-3-2-4-6-16/h2-13H,14H2,1H3,(H,24,25)(H2,23,27,28). The lowest BCUT2D eigenvalue weighted by atomic mass is 10.1. The molecule has 7 nitrogen and oxygen atoms in total. The number of carbonyl (C=O) groups is 2. The first-order valence-electron chi connectivity index (χ1n) is 9.00. The summed E-state index contributed by atoms with van der Waals surface area (Å²) in [6.45, 7) is 1.04. The molecule has 0 spiro atoms. The van der Waals surface area contributed by atoms with E-state index in [0.29, 0.717) is 11.3 Å². The number of primary sulfonamides is 1. The second-order valence-electron chi connectivity index (χ2n) is 6.59. The van der Waals surface area contributed by atoms with E-state index in [0.717, 1.165) is 17.2 Å².